The zero-order valence-corrected chi connectivity index (χ0v) is 13.7. The highest BCUT2D eigenvalue weighted by Gasteiger charge is 2.35. The van der Waals surface area contributed by atoms with Gasteiger partial charge in [-0.05, 0) is 17.2 Å². The normalized spacial score (nSPS) is 12.5. The van der Waals surface area contributed by atoms with Crippen molar-refractivity contribution < 1.29 is 9.72 Å². The molecule has 0 radical (unpaired) electrons. The van der Waals surface area contributed by atoms with Gasteiger partial charge in [0.05, 0.1) is 15.4 Å². The second-order valence-corrected chi connectivity index (χ2v) is 6.12. The minimum atomic E-state index is -0.485. The Kier molecular flexibility index (Phi) is 3.51. The number of hydrogen-bond acceptors (Lipinski definition) is 4. The van der Waals surface area contributed by atoms with E-state index in [4.69, 9.17) is 12.2 Å². The van der Waals surface area contributed by atoms with E-state index < -0.39 is 4.92 Å². The fourth-order valence-electron chi connectivity index (χ4n) is 3.22. The maximum absolute atomic E-state index is 13.1. The summed E-state index contributed by atoms with van der Waals surface area (Å²) in [5.74, 6) is -0.234. The molecule has 1 aliphatic carbocycles. The molecule has 0 heterocycles. The standard InChI is InChI=1S/C20H11NO3S/c22-19-14-8-4-5-9-15(14)20(25)18-16(21(23)24)11-10-13(17(18)19)12-6-2-1-3-7-12/h1-11H. The van der Waals surface area contributed by atoms with Gasteiger partial charge in [-0.2, -0.15) is 0 Å². The molecule has 4 nitrogen and oxygen atoms in total. The van der Waals surface area contributed by atoms with Crippen molar-refractivity contribution in [2.24, 2.45) is 0 Å². The van der Waals surface area contributed by atoms with E-state index in [0.717, 1.165) is 5.56 Å². The molecule has 0 aliphatic heterocycles. The fourth-order valence-corrected chi connectivity index (χ4v) is 3.60. The van der Waals surface area contributed by atoms with Crippen molar-refractivity contribution in [2.45, 2.75) is 0 Å². The number of nitro benzene ring substituents is 1. The van der Waals surface area contributed by atoms with E-state index in [2.05, 4.69) is 0 Å². The smallest absolute Gasteiger partial charge is 0.278 e. The van der Waals surface area contributed by atoms with Crippen molar-refractivity contribution in [3.63, 3.8) is 0 Å². The largest absolute Gasteiger partial charge is 0.289 e. The topological polar surface area (TPSA) is 60.2 Å². The summed E-state index contributed by atoms with van der Waals surface area (Å²) in [5.41, 5.74) is 2.95. The Morgan fingerprint density at radius 2 is 1.40 bits per heavy atom. The van der Waals surface area contributed by atoms with Crippen LogP contribution in [0.4, 0.5) is 5.69 Å². The average molecular weight is 345 g/mol. The predicted octanol–water partition coefficient (Wildman–Crippen LogP) is 4.57. The van der Waals surface area contributed by atoms with Gasteiger partial charge in [0.2, 0.25) is 0 Å². The number of fused-ring (bicyclic) bond motifs is 2. The van der Waals surface area contributed by atoms with Gasteiger partial charge >= 0.3 is 0 Å². The molecule has 0 spiro atoms. The SMILES string of the molecule is O=C1c2ccccc2C(=S)c2c([N+](=O)[O-])ccc(-c3ccccc3)c21. The monoisotopic (exact) mass is 345 g/mol. The second kappa shape index (κ2) is 5.72. The number of ketones is 1. The van der Waals surface area contributed by atoms with Gasteiger partial charge in [0.15, 0.2) is 5.78 Å². The van der Waals surface area contributed by atoms with E-state index in [-0.39, 0.29) is 17.0 Å². The van der Waals surface area contributed by atoms with Crippen molar-refractivity contribution in [1.82, 2.24) is 0 Å². The maximum atomic E-state index is 13.1. The first-order valence-corrected chi connectivity index (χ1v) is 8.05. The number of nitro groups is 1. The van der Waals surface area contributed by atoms with E-state index in [1.165, 1.54) is 6.07 Å². The van der Waals surface area contributed by atoms with Crippen LogP contribution in [-0.2, 0) is 0 Å². The number of carbonyl (C=O) groups excluding carboxylic acids is 1. The Labute approximate surface area is 148 Å². The van der Waals surface area contributed by atoms with Gasteiger partial charge in [0, 0.05) is 22.8 Å². The molecule has 0 unspecified atom stereocenters. The lowest BCUT2D eigenvalue weighted by Crippen LogP contribution is -2.22. The molecule has 0 N–H and O–H groups in total. The lowest BCUT2D eigenvalue weighted by molar-refractivity contribution is -0.385. The van der Waals surface area contributed by atoms with Gasteiger partial charge in [-0.15, -0.1) is 0 Å². The molecule has 3 aromatic rings. The summed E-state index contributed by atoms with van der Waals surface area (Å²) in [7, 11) is 0. The van der Waals surface area contributed by atoms with Gasteiger partial charge in [-0.1, -0.05) is 66.8 Å². The summed E-state index contributed by atoms with van der Waals surface area (Å²) >= 11 is 5.53. The van der Waals surface area contributed by atoms with Gasteiger partial charge < -0.3 is 0 Å². The van der Waals surface area contributed by atoms with Crippen LogP contribution in [-0.4, -0.2) is 15.6 Å². The van der Waals surface area contributed by atoms with Crippen molar-refractivity contribution in [1.29, 1.82) is 0 Å². The highest BCUT2D eigenvalue weighted by molar-refractivity contribution is 7.81. The van der Waals surface area contributed by atoms with E-state index in [1.54, 1.807) is 30.3 Å². The molecule has 0 saturated heterocycles. The van der Waals surface area contributed by atoms with Crippen LogP contribution in [0, 0.1) is 10.1 Å². The van der Waals surface area contributed by atoms with Crippen LogP contribution in [0.25, 0.3) is 11.1 Å². The van der Waals surface area contributed by atoms with Gasteiger partial charge in [0.25, 0.3) is 5.69 Å². The van der Waals surface area contributed by atoms with Crippen molar-refractivity contribution >= 4 is 28.6 Å². The molecule has 3 aromatic carbocycles. The molecule has 0 bridgehead atoms. The summed E-state index contributed by atoms with van der Waals surface area (Å²) in [6.45, 7) is 0. The Morgan fingerprint density at radius 1 is 0.760 bits per heavy atom. The van der Waals surface area contributed by atoms with Gasteiger partial charge in [0.1, 0.15) is 0 Å². The Hall–Kier alpha value is -3.18. The summed E-state index contributed by atoms with van der Waals surface area (Å²) in [6.07, 6.45) is 0. The molecule has 25 heavy (non-hydrogen) atoms. The highest BCUT2D eigenvalue weighted by atomic mass is 32.1. The van der Waals surface area contributed by atoms with E-state index >= 15 is 0 Å². The van der Waals surface area contributed by atoms with Gasteiger partial charge in [-0.25, -0.2) is 0 Å². The number of carbonyl (C=O) groups is 1. The third kappa shape index (κ3) is 2.28. The molecule has 1 aliphatic rings. The number of rotatable bonds is 2. The predicted molar refractivity (Wildman–Crippen MR) is 99.2 cm³/mol. The van der Waals surface area contributed by atoms with Crippen LogP contribution in [0.1, 0.15) is 27.0 Å². The maximum Gasteiger partial charge on any atom is 0.278 e. The van der Waals surface area contributed by atoms with Crippen LogP contribution >= 0.6 is 12.2 Å². The minimum absolute atomic E-state index is 0.137. The Balaban J connectivity index is 2.10. The van der Waals surface area contributed by atoms with E-state index in [9.17, 15) is 14.9 Å². The van der Waals surface area contributed by atoms with Crippen LogP contribution in [0.15, 0.2) is 66.7 Å². The van der Waals surface area contributed by atoms with E-state index in [0.29, 0.717) is 27.1 Å². The zero-order chi connectivity index (χ0) is 17.6. The molecule has 5 heteroatoms. The van der Waals surface area contributed by atoms with Gasteiger partial charge in [-0.3, -0.25) is 14.9 Å². The minimum Gasteiger partial charge on any atom is -0.289 e. The molecular formula is C20H11NO3S. The molecular weight excluding hydrogens is 334 g/mol. The number of hydrogen-bond donors (Lipinski definition) is 0. The van der Waals surface area contributed by atoms with Crippen LogP contribution in [0.5, 0.6) is 0 Å². The third-order valence-corrected chi connectivity index (χ3v) is 4.76. The Morgan fingerprint density at radius 3 is 2.08 bits per heavy atom. The van der Waals surface area contributed by atoms with Crippen molar-refractivity contribution in [2.75, 3.05) is 0 Å². The third-order valence-electron chi connectivity index (χ3n) is 4.34. The van der Waals surface area contributed by atoms with Crippen LogP contribution in [0.3, 0.4) is 0 Å². The lowest BCUT2D eigenvalue weighted by Gasteiger charge is -2.22. The summed E-state index contributed by atoms with van der Waals surface area (Å²) in [4.78, 5) is 24.5. The molecule has 0 atom stereocenters. The molecule has 120 valence electrons. The average Bonchev–Trinajstić information content (AvgIpc) is 2.65. The first kappa shape index (κ1) is 15.4. The number of nitrogens with zero attached hydrogens (tertiary/aromatic N) is 1. The lowest BCUT2D eigenvalue weighted by atomic mass is 9.80. The van der Waals surface area contributed by atoms with Crippen molar-refractivity contribution in [3.8, 4) is 11.1 Å². The summed E-state index contributed by atoms with van der Waals surface area (Å²) in [5, 5.41) is 11.5. The second-order valence-electron chi connectivity index (χ2n) is 5.71. The quantitative estimate of drug-likeness (QED) is 0.303. The molecule has 0 amide bonds. The number of benzene rings is 3. The highest BCUT2D eigenvalue weighted by Crippen LogP contribution is 2.39. The number of thiocarbonyl (C=S) groups is 1. The molecule has 4 rings (SSSR count). The van der Waals surface area contributed by atoms with Crippen LogP contribution < -0.4 is 0 Å². The Bertz CT molecular complexity index is 1060. The zero-order valence-electron chi connectivity index (χ0n) is 12.9. The molecule has 0 saturated carbocycles. The summed E-state index contributed by atoms with van der Waals surface area (Å²) < 4.78 is 0. The fraction of sp³-hybridized carbons (Fsp3) is 0. The first-order chi connectivity index (χ1) is 12.1. The molecule has 0 aromatic heterocycles. The van der Waals surface area contributed by atoms with Crippen LogP contribution in [0.2, 0.25) is 0 Å². The summed E-state index contributed by atoms with van der Waals surface area (Å²) in [6, 6.07) is 19.4. The van der Waals surface area contributed by atoms with Crippen molar-refractivity contribution in [3.05, 3.63) is 99.1 Å². The first-order valence-electron chi connectivity index (χ1n) is 7.65. The molecule has 0 fully saturated rings. The van der Waals surface area contributed by atoms with E-state index in [1.807, 2.05) is 30.3 Å².